The highest BCUT2D eigenvalue weighted by atomic mass is 16.5. The number of hydrogen-bond acceptors (Lipinski definition) is 8. The first-order valence-corrected chi connectivity index (χ1v) is 12.8. The first-order valence-electron chi connectivity index (χ1n) is 12.8. The van der Waals surface area contributed by atoms with Crippen molar-refractivity contribution in [3.63, 3.8) is 0 Å². The lowest BCUT2D eigenvalue weighted by Crippen LogP contribution is -2.44. The van der Waals surface area contributed by atoms with Gasteiger partial charge in [-0.25, -0.2) is 14.8 Å². The number of nitrogens with zero attached hydrogens (tertiary/aromatic N) is 5. The van der Waals surface area contributed by atoms with Crippen molar-refractivity contribution in [3.8, 4) is 11.5 Å². The van der Waals surface area contributed by atoms with Crippen molar-refractivity contribution in [2.45, 2.75) is 12.5 Å². The molecule has 1 fully saturated rings. The molecule has 202 valence electrons. The number of methoxy groups -OCH3 is 1. The highest BCUT2D eigenvalue weighted by Gasteiger charge is 2.23. The van der Waals surface area contributed by atoms with Crippen LogP contribution >= 0.6 is 0 Å². The predicted molar refractivity (Wildman–Crippen MR) is 147 cm³/mol. The normalized spacial score (nSPS) is 15.0. The van der Waals surface area contributed by atoms with E-state index in [2.05, 4.69) is 32.1 Å². The number of aromatic nitrogens is 2. The molecule has 0 aliphatic carbocycles. The van der Waals surface area contributed by atoms with Gasteiger partial charge in [-0.1, -0.05) is 30.3 Å². The van der Waals surface area contributed by atoms with E-state index >= 15 is 0 Å². The Morgan fingerprint density at radius 3 is 2.58 bits per heavy atom. The monoisotopic (exact) mass is 520 g/mol. The second-order valence-electron chi connectivity index (χ2n) is 9.28. The minimum absolute atomic E-state index is 0.142. The third kappa shape index (κ3) is 7.56. The van der Waals surface area contributed by atoms with Crippen LogP contribution in [0.15, 0.2) is 67.1 Å². The standard InChI is InChI=1S/C28H36N6O4/c1-32-14-16-33(17-15-32)13-6-18-38-25-10-9-23(19-26(25)37-2)31-24(22-7-4-3-5-8-22)20-34(28(35)36)27-11-12-29-21-30-27/h3-5,7-12,19,21,24,31H,6,13-18,20H2,1-2H3,(H,35,36). The van der Waals surface area contributed by atoms with Crippen molar-refractivity contribution in [2.75, 3.05) is 70.2 Å². The van der Waals surface area contributed by atoms with Gasteiger partial charge in [0.05, 0.1) is 26.3 Å². The van der Waals surface area contributed by atoms with Crippen molar-refractivity contribution in [2.24, 2.45) is 0 Å². The van der Waals surface area contributed by atoms with Crippen molar-refractivity contribution in [1.29, 1.82) is 0 Å². The van der Waals surface area contributed by atoms with Gasteiger partial charge < -0.3 is 29.7 Å². The fourth-order valence-corrected chi connectivity index (χ4v) is 4.43. The lowest BCUT2D eigenvalue weighted by Gasteiger charge is -2.32. The van der Waals surface area contributed by atoms with Gasteiger partial charge in [0, 0.05) is 50.7 Å². The van der Waals surface area contributed by atoms with Crippen molar-refractivity contribution >= 4 is 17.6 Å². The van der Waals surface area contributed by atoms with Crippen molar-refractivity contribution in [1.82, 2.24) is 19.8 Å². The highest BCUT2D eigenvalue weighted by Crippen LogP contribution is 2.32. The lowest BCUT2D eigenvalue weighted by molar-refractivity contribution is 0.145. The minimum Gasteiger partial charge on any atom is -0.493 e. The van der Waals surface area contributed by atoms with E-state index in [4.69, 9.17) is 9.47 Å². The van der Waals surface area contributed by atoms with Crippen LogP contribution in [0.1, 0.15) is 18.0 Å². The quantitative estimate of drug-likeness (QED) is 0.345. The van der Waals surface area contributed by atoms with E-state index in [-0.39, 0.29) is 12.6 Å². The number of hydrogen-bond donors (Lipinski definition) is 2. The summed E-state index contributed by atoms with van der Waals surface area (Å²) in [6, 6.07) is 16.6. The highest BCUT2D eigenvalue weighted by molar-refractivity contribution is 5.84. The number of rotatable bonds is 12. The number of likely N-dealkylation sites (N-methyl/N-ethyl adjacent to an activating group) is 1. The van der Waals surface area contributed by atoms with Crippen molar-refractivity contribution in [3.05, 3.63) is 72.7 Å². The van der Waals surface area contributed by atoms with Gasteiger partial charge in [0.2, 0.25) is 0 Å². The van der Waals surface area contributed by atoms with E-state index < -0.39 is 6.09 Å². The van der Waals surface area contributed by atoms with Crippen LogP contribution < -0.4 is 19.7 Å². The van der Waals surface area contributed by atoms with Crippen LogP contribution in [0.4, 0.5) is 16.3 Å². The molecule has 1 unspecified atom stereocenters. The Morgan fingerprint density at radius 2 is 1.89 bits per heavy atom. The Kier molecular flexibility index (Phi) is 9.71. The third-order valence-electron chi connectivity index (χ3n) is 6.62. The smallest absolute Gasteiger partial charge is 0.413 e. The van der Waals surface area contributed by atoms with E-state index in [1.165, 1.54) is 17.4 Å². The minimum atomic E-state index is -1.09. The van der Waals surface area contributed by atoms with Gasteiger partial charge in [-0.3, -0.25) is 4.90 Å². The Labute approximate surface area is 223 Å². The predicted octanol–water partition coefficient (Wildman–Crippen LogP) is 3.84. The Balaban J connectivity index is 1.42. The molecule has 1 saturated heterocycles. The van der Waals surface area contributed by atoms with Gasteiger partial charge in [-0.15, -0.1) is 0 Å². The number of ether oxygens (including phenoxy) is 2. The maximum Gasteiger partial charge on any atom is 0.413 e. The second-order valence-corrected chi connectivity index (χ2v) is 9.28. The van der Waals surface area contributed by atoms with Crippen LogP contribution in [0.3, 0.4) is 0 Å². The van der Waals surface area contributed by atoms with E-state index in [1.54, 1.807) is 13.2 Å². The second kappa shape index (κ2) is 13.6. The third-order valence-corrected chi connectivity index (χ3v) is 6.62. The Morgan fingerprint density at radius 1 is 1.11 bits per heavy atom. The van der Waals surface area contributed by atoms with Crippen LogP contribution in [-0.4, -0.2) is 91.0 Å². The number of amides is 1. The Hall–Kier alpha value is -3.89. The number of piperazine rings is 1. The molecule has 2 aromatic carbocycles. The number of nitrogens with one attached hydrogen (secondary N) is 1. The van der Waals surface area contributed by atoms with E-state index in [9.17, 15) is 9.90 Å². The summed E-state index contributed by atoms with van der Waals surface area (Å²) in [7, 11) is 3.78. The maximum atomic E-state index is 12.1. The van der Waals surface area contributed by atoms with E-state index in [0.29, 0.717) is 23.9 Å². The topological polar surface area (TPSA) is 103 Å². The number of benzene rings is 2. The molecular weight excluding hydrogens is 484 g/mol. The molecule has 1 amide bonds. The zero-order valence-corrected chi connectivity index (χ0v) is 22.0. The molecule has 4 rings (SSSR count). The van der Waals surface area contributed by atoms with E-state index in [1.807, 2.05) is 48.5 Å². The summed E-state index contributed by atoms with van der Waals surface area (Å²) < 4.78 is 11.7. The van der Waals surface area contributed by atoms with Gasteiger partial charge in [-0.2, -0.15) is 0 Å². The fourth-order valence-electron chi connectivity index (χ4n) is 4.43. The molecule has 1 atom stereocenters. The molecule has 1 aliphatic rings. The molecule has 10 nitrogen and oxygen atoms in total. The molecule has 1 aromatic heterocycles. The van der Waals surface area contributed by atoms with Gasteiger partial charge in [0.1, 0.15) is 12.1 Å². The molecular formula is C28H36N6O4. The largest absolute Gasteiger partial charge is 0.493 e. The van der Waals surface area contributed by atoms with Gasteiger partial charge >= 0.3 is 6.09 Å². The molecule has 2 heterocycles. The average molecular weight is 521 g/mol. The maximum absolute atomic E-state index is 12.1. The molecule has 38 heavy (non-hydrogen) atoms. The average Bonchev–Trinajstić information content (AvgIpc) is 2.95. The van der Waals surface area contributed by atoms with Crippen molar-refractivity contribution < 1.29 is 19.4 Å². The molecule has 0 radical (unpaired) electrons. The van der Waals surface area contributed by atoms with Gasteiger partial charge in [0.25, 0.3) is 0 Å². The molecule has 0 spiro atoms. The SMILES string of the molecule is COc1cc(NC(CN(C(=O)O)c2ccncn2)c2ccccc2)ccc1OCCCN1CCN(C)CC1. The van der Waals surface area contributed by atoms with Crippen LogP contribution in [0, 0.1) is 0 Å². The van der Waals surface area contributed by atoms with E-state index in [0.717, 1.165) is 50.4 Å². The van der Waals surface area contributed by atoms with Crippen LogP contribution in [-0.2, 0) is 0 Å². The van der Waals surface area contributed by atoms with Crippen LogP contribution in [0.2, 0.25) is 0 Å². The molecule has 10 heteroatoms. The molecule has 3 aromatic rings. The first-order chi connectivity index (χ1) is 18.5. The molecule has 0 bridgehead atoms. The van der Waals surface area contributed by atoms with Crippen LogP contribution in [0.25, 0.3) is 0 Å². The fraction of sp³-hybridized carbons (Fsp3) is 0.393. The summed E-state index contributed by atoms with van der Waals surface area (Å²) in [5.41, 5.74) is 1.73. The molecule has 2 N–H and O–H groups in total. The number of anilines is 2. The summed E-state index contributed by atoms with van der Waals surface area (Å²) in [4.78, 5) is 26.2. The summed E-state index contributed by atoms with van der Waals surface area (Å²) in [6.45, 7) is 6.17. The number of carboxylic acid groups (broad SMARTS) is 1. The lowest BCUT2D eigenvalue weighted by atomic mass is 10.1. The summed E-state index contributed by atoms with van der Waals surface area (Å²) in [5.74, 6) is 1.61. The Bertz CT molecular complexity index is 1140. The molecule has 1 aliphatic heterocycles. The summed E-state index contributed by atoms with van der Waals surface area (Å²) in [6.07, 6.45) is 2.71. The van der Waals surface area contributed by atoms with Gasteiger partial charge in [0.15, 0.2) is 11.5 Å². The molecule has 0 saturated carbocycles. The zero-order valence-electron chi connectivity index (χ0n) is 22.0. The number of carbonyl (C=O) groups is 1. The summed E-state index contributed by atoms with van der Waals surface area (Å²) >= 11 is 0. The first kappa shape index (κ1) is 27.2. The van der Waals surface area contributed by atoms with Crippen LogP contribution in [0.5, 0.6) is 11.5 Å². The zero-order chi connectivity index (χ0) is 26.7. The van der Waals surface area contributed by atoms with Gasteiger partial charge in [-0.05, 0) is 37.2 Å². The summed E-state index contributed by atoms with van der Waals surface area (Å²) in [5, 5.41) is 13.4.